The fraction of sp³-hybridized carbons (Fsp3) is 0.211. The third-order valence-electron chi connectivity index (χ3n) is 8.24. The molecule has 3 heterocycles. The second-order valence-corrected chi connectivity index (χ2v) is 13.8. The molecule has 0 spiro atoms. The van der Waals surface area contributed by atoms with Crippen molar-refractivity contribution in [1.82, 2.24) is 10.2 Å². The lowest BCUT2D eigenvalue weighted by atomic mass is 9.94. The van der Waals surface area contributed by atoms with Gasteiger partial charge in [0.05, 0.1) is 18.2 Å². The summed E-state index contributed by atoms with van der Waals surface area (Å²) in [4.78, 5) is 29.1. The normalized spacial score (nSPS) is 18.0. The number of fused-ring (bicyclic) bond motifs is 1. The number of rotatable bonds is 11. The van der Waals surface area contributed by atoms with Gasteiger partial charge in [-0.3, -0.25) is 14.5 Å². The van der Waals surface area contributed by atoms with Gasteiger partial charge >= 0.3 is 5.91 Å². The Balaban J connectivity index is 1.28. The standard InChI is InChI=1S/C38H33N3O6S2/c1-3-45-31-20-26(14-17-30(31)46-21-24-10-6-4-7-11-24)33-32(34(42)27-15-16-29-28(19-27)18-23(2)47-29)35(43)36(44)41(33)37-39-40-38(49-37)48-22-25-12-8-5-9-13-25/h4-17,19-20,23,33,42H,3,18,21-22H2,1-2H3/b34-32+/t23-,33+/m1/s1. The van der Waals surface area contributed by atoms with E-state index in [1.165, 1.54) is 28.0 Å². The molecule has 5 aromatic rings. The summed E-state index contributed by atoms with van der Waals surface area (Å²) in [6, 6.07) is 29.4. The van der Waals surface area contributed by atoms with E-state index in [4.69, 9.17) is 14.2 Å². The molecule has 0 radical (unpaired) electrons. The fourth-order valence-electron chi connectivity index (χ4n) is 5.97. The molecular weight excluding hydrogens is 659 g/mol. The summed E-state index contributed by atoms with van der Waals surface area (Å²) in [5.41, 5.74) is 3.95. The van der Waals surface area contributed by atoms with Crippen LogP contribution in [0.15, 0.2) is 107 Å². The lowest BCUT2D eigenvalue weighted by Crippen LogP contribution is -2.29. The third kappa shape index (κ3) is 6.77. The first-order valence-electron chi connectivity index (χ1n) is 15.9. The minimum atomic E-state index is -1.01. The van der Waals surface area contributed by atoms with E-state index in [1.54, 1.807) is 30.3 Å². The van der Waals surface area contributed by atoms with Crippen molar-refractivity contribution in [1.29, 1.82) is 0 Å². The van der Waals surface area contributed by atoms with E-state index in [0.717, 1.165) is 22.4 Å². The number of carbonyl (C=O) groups is 2. The van der Waals surface area contributed by atoms with Gasteiger partial charge in [0, 0.05) is 17.7 Å². The number of benzene rings is 4. The molecular formula is C38H33N3O6S2. The maximum absolute atomic E-state index is 13.9. The monoisotopic (exact) mass is 691 g/mol. The SMILES string of the molecule is CCOc1cc([C@H]2/C(=C(\O)c3ccc4c(c3)C[C@@H](C)O4)C(=O)C(=O)N2c2nnc(SCc3ccccc3)s2)ccc1OCc1ccccc1. The number of ketones is 1. The van der Waals surface area contributed by atoms with Gasteiger partial charge in [-0.15, -0.1) is 10.2 Å². The molecule has 0 saturated carbocycles. The lowest BCUT2D eigenvalue weighted by Gasteiger charge is -2.24. The maximum Gasteiger partial charge on any atom is 0.301 e. The van der Waals surface area contributed by atoms with Crippen molar-refractivity contribution in [3.8, 4) is 17.2 Å². The summed E-state index contributed by atoms with van der Waals surface area (Å²) in [7, 11) is 0. The predicted octanol–water partition coefficient (Wildman–Crippen LogP) is 7.76. The van der Waals surface area contributed by atoms with Crippen LogP contribution in [-0.4, -0.2) is 39.7 Å². The number of hydrogen-bond acceptors (Lipinski definition) is 10. The summed E-state index contributed by atoms with van der Waals surface area (Å²) >= 11 is 2.71. The van der Waals surface area contributed by atoms with Crippen LogP contribution in [0, 0.1) is 0 Å². The van der Waals surface area contributed by atoms with Gasteiger partial charge in [-0.2, -0.15) is 0 Å². The van der Waals surface area contributed by atoms with E-state index in [0.29, 0.717) is 52.4 Å². The van der Waals surface area contributed by atoms with E-state index in [2.05, 4.69) is 10.2 Å². The molecule has 2 aliphatic rings. The van der Waals surface area contributed by atoms with E-state index in [9.17, 15) is 14.7 Å². The number of nitrogens with zero attached hydrogens (tertiary/aromatic N) is 3. The van der Waals surface area contributed by atoms with Gasteiger partial charge in [0.1, 0.15) is 24.2 Å². The highest BCUT2D eigenvalue weighted by Crippen LogP contribution is 2.46. The van der Waals surface area contributed by atoms with Crippen molar-refractivity contribution in [3.63, 3.8) is 0 Å². The molecule has 1 fully saturated rings. The number of aromatic nitrogens is 2. The first-order valence-corrected chi connectivity index (χ1v) is 17.7. The highest BCUT2D eigenvalue weighted by molar-refractivity contribution is 8.00. The fourth-order valence-corrected chi connectivity index (χ4v) is 7.79. The van der Waals surface area contributed by atoms with Crippen LogP contribution in [0.1, 0.15) is 47.7 Å². The van der Waals surface area contributed by atoms with Crippen LogP contribution in [0.3, 0.4) is 0 Å². The van der Waals surface area contributed by atoms with Gasteiger partial charge in [0.25, 0.3) is 5.78 Å². The van der Waals surface area contributed by atoms with Crippen molar-refractivity contribution in [2.45, 2.75) is 49.1 Å². The van der Waals surface area contributed by atoms with Crippen molar-refractivity contribution in [2.75, 3.05) is 11.5 Å². The molecule has 11 heteroatoms. The number of ether oxygens (including phenoxy) is 3. The molecule has 49 heavy (non-hydrogen) atoms. The van der Waals surface area contributed by atoms with Gasteiger partial charge < -0.3 is 19.3 Å². The van der Waals surface area contributed by atoms with Crippen molar-refractivity contribution in [2.24, 2.45) is 0 Å². The van der Waals surface area contributed by atoms with E-state index < -0.39 is 17.7 Å². The largest absolute Gasteiger partial charge is 0.507 e. The van der Waals surface area contributed by atoms with Gasteiger partial charge in [-0.1, -0.05) is 89.8 Å². The van der Waals surface area contributed by atoms with Gasteiger partial charge in [-0.05, 0) is 66.4 Å². The number of aliphatic hydroxyl groups excluding tert-OH is 1. The Morgan fingerprint density at radius 1 is 0.939 bits per heavy atom. The second-order valence-electron chi connectivity index (χ2n) is 11.7. The average Bonchev–Trinajstić information content (AvgIpc) is 3.82. The number of hydrogen-bond donors (Lipinski definition) is 1. The molecule has 2 atom stereocenters. The van der Waals surface area contributed by atoms with Crippen molar-refractivity contribution < 1.29 is 28.9 Å². The van der Waals surface area contributed by atoms with E-state index in [1.807, 2.05) is 80.6 Å². The van der Waals surface area contributed by atoms with Gasteiger partial charge in [0.2, 0.25) is 5.13 Å². The molecule has 0 aliphatic carbocycles. The predicted molar refractivity (Wildman–Crippen MR) is 189 cm³/mol. The maximum atomic E-state index is 13.9. The number of Topliss-reactive ketones (excluding diaryl/α,β-unsaturated/α-hetero) is 1. The van der Waals surface area contributed by atoms with Crippen molar-refractivity contribution >= 4 is 45.7 Å². The molecule has 1 saturated heterocycles. The number of carbonyl (C=O) groups excluding carboxylic acids is 2. The van der Waals surface area contributed by atoms with Crippen LogP contribution in [0.2, 0.25) is 0 Å². The van der Waals surface area contributed by atoms with Crippen LogP contribution < -0.4 is 19.1 Å². The summed E-state index contributed by atoms with van der Waals surface area (Å²) in [5, 5.41) is 20.7. The first-order chi connectivity index (χ1) is 23.9. The Morgan fingerprint density at radius 3 is 2.45 bits per heavy atom. The van der Waals surface area contributed by atoms with Crippen molar-refractivity contribution in [3.05, 3.63) is 130 Å². The summed E-state index contributed by atoms with van der Waals surface area (Å²) in [5.74, 6) is 0.463. The Hall–Kier alpha value is -5.13. The molecule has 7 rings (SSSR count). The molecule has 4 aromatic carbocycles. The summed E-state index contributed by atoms with van der Waals surface area (Å²) in [6.07, 6.45) is 0.675. The topological polar surface area (TPSA) is 111 Å². The van der Waals surface area contributed by atoms with Gasteiger partial charge in [-0.25, -0.2) is 0 Å². The molecule has 0 bridgehead atoms. The number of aliphatic hydroxyl groups is 1. The zero-order valence-electron chi connectivity index (χ0n) is 26.9. The number of anilines is 1. The van der Waals surface area contributed by atoms with E-state index >= 15 is 0 Å². The Bertz CT molecular complexity index is 2030. The van der Waals surface area contributed by atoms with Crippen LogP contribution in [0.25, 0.3) is 5.76 Å². The minimum absolute atomic E-state index is 0.00365. The molecule has 2 aliphatic heterocycles. The Morgan fingerprint density at radius 2 is 1.69 bits per heavy atom. The third-order valence-corrected chi connectivity index (χ3v) is 10.4. The summed E-state index contributed by atoms with van der Waals surface area (Å²) in [6.45, 7) is 4.53. The average molecular weight is 692 g/mol. The minimum Gasteiger partial charge on any atom is -0.507 e. The van der Waals surface area contributed by atoms with Crippen LogP contribution in [0.5, 0.6) is 17.2 Å². The highest BCUT2D eigenvalue weighted by atomic mass is 32.2. The van der Waals surface area contributed by atoms with Crippen LogP contribution in [-0.2, 0) is 28.4 Å². The van der Waals surface area contributed by atoms with Crippen LogP contribution >= 0.6 is 23.1 Å². The molecule has 248 valence electrons. The summed E-state index contributed by atoms with van der Waals surface area (Å²) < 4.78 is 18.6. The Labute approximate surface area is 292 Å². The van der Waals surface area contributed by atoms with Gasteiger partial charge in [0.15, 0.2) is 15.8 Å². The lowest BCUT2D eigenvalue weighted by molar-refractivity contribution is -0.132. The quantitative estimate of drug-likeness (QED) is 0.0489. The molecule has 0 unspecified atom stereocenters. The molecule has 9 nitrogen and oxygen atoms in total. The van der Waals surface area contributed by atoms with Crippen LogP contribution in [0.4, 0.5) is 5.13 Å². The number of thioether (sulfide) groups is 1. The first kappa shape index (κ1) is 32.4. The second kappa shape index (κ2) is 14.2. The molecule has 1 aromatic heterocycles. The molecule has 1 amide bonds. The zero-order valence-corrected chi connectivity index (χ0v) is 28.5. The van der Waals surface area contributed by atoms with E-state index in [-0.39, 0.29) is 22.6 Å². The number of amides is 1. The highest BCUT2D eigenvalue weighted by Gasteiger charge is 2.48. The Kier molecular flexibility index (Phi) is 9.36. The smallest absolute Gasteiger partial charge is 0.301 e. The zero-order chi connectivity index (χ0) is 33.9. The molecule has 1 N–H and O–H groups in total.